The van der Waals surface area contributed by atoms with Crippen molar-refractivity contribution in [2.45, 2.75) is 11.8 Å². The van der Waals surface area contributed by atoms with Gasteiger partial charge in [-0.3, -0.25) is 5.32 Å². The van der Waals surface area contributed by atoms with Crippen molar-refractivity contribution in [3.63, 3.8) is 0 Å². The second kappa shape index (κ2) is 6.60. The molecule has 25 heavy (non-hydrogen) atoms. The molecule has 7 nitrogen and oxygen atoms in total. The molecule has 0 bridgehead atoms. The van der Waals surface area contributed by atoms with Crippen molar-refractivity contribution >= 4 is 60.0 Å². The zero-order valence-corrected chi connectivity index (χ0v) is 15.3. The number of nitrogens with zero attached hydrogens (tertiary/aromatic N) is 1. The third-order valence-corrected chi connectivity index (χ3v) is 5.59. The largest absolute Gasteiger partial charge is 0.325 e. The predicted molar refractivity (Wildman–Crippen MR) is 99.8 cm³/mol. The van der Waals surface area contributed by atoms with Crippen molar-refractivity contribution in [2.75, 3.05) is 10.6 Å². The van der Waals surface area contributed by atoms with Crippen LogP contribution in [0.3, 0.4) is 0 Å². The van der Waals surface area contributed by atoms with E-state index in [1.165, 1.54) is 18.2 Å². The van der Waals surface area contributed by atoms with Crippen molar-refractivity contribution in [3.05, 3.63) is 47.0 Å². The van der Waals surface area contributed by atoms with Gasteiger partial charge in [0.1, 0.15) is 0 Å². The van der Waals surface area contributed by atoms with Gasteiger partial charge in [0.2, 0.25) is 10.0 Å². The first-order chi connectivity index (χ1) is 11.7. The number of hydrogen-bond acceptors (Lipinski definition) is 5. The van der Waals surface area contributed by atoms with Crippen LogP contribution in [0.15, 0.2) is 41.3 Å². The number of halogens is 1. The number of sulfonamides is 1. The fraction of sp³-hybridized carbons (Fsp3) is 0.0667. The molecule has 0 aliphatic heterocycles. The number of aromatic nitrogens is 1. The molecule has 0 spiro atoms. The summed E-state index contributed by atoms with van der Waals surface area (Å²) in [6.45, 7) is 1.86. The van der Waals surface area contributed by atoms with E-state index in [0.29, 0.717) is 26.1 Å². The zero-order chi connectivity index (χ0) is 18.2. The lowest BCUT2D eigenvalue weighted by molar-refractivity contribution is 0.262. The number of amides is 2. The molecule has 0 saturated carbocycles. The van der Waals surface area contributed by atoms with E-state index in [0.717, 1.165) is 16.9 Å². The van der Waals surface area contributed by atoms with Crippen LogP contribution in [0.1, 0.15) is 5.56 Å². The fourth-order valence-electron chi connectivity index (χ4n) is 2.07. The van der Waals surface area contributed by atoms with Crippen LogP contribution >= 0.6 is 22.9 Å². The number of rotatable bonds is 3. The van der Waals surface area contributed by atoms with Gasteiger partial charge in [-0.1, -0.05) is 29.0 Å². The molecule has 10 heteroatoms. The van der Waals surface area contributed by atoms with E-state index >= 15 is 0 Å². The lowest BCUT2D eigenvalue weighted by atomic mass is 10.2. The first kappa shape index (κ1) is 17.6. The highest BCUT2D eigenvalue weighted by atomic mass is 35.5. The van der Waals surface area contributed by atoms with Crippen LogP contribution in [0, 0.1) is 6.92 Å². The Morgan fingerprint density at radius 2 is 1.96 bits per heavy atom. The van der Waals surface area contributed by atoms with E-state index in [2.05, 4.69) is 15.6 Å². The van der Waals surface area contributed by atoms with Crippen LogP contribution in [-0.2, 0) is 10.0 Å². The lowest BCUT2D eigenvalue weighted by Crippen LogP contribution is -2.19. The molecular weight excluding hydrogens is 384 g/mol. The Labute approximate surface area is 152 Å². The zero-order valence-electron chi connectivity index (χ0n) is 12.9. The number of carbonyl (C=O) groups excluding carboxylic acids is 1. The highest BCUT2D eigenvalue weighted by Crippen LogP contribution is 2.28. The summed E-state index contributed by atoms with van der Waals surface area (Å²) in [4.78, 5) is 16.3. The van der Waals surface area contributed by atoms with E-state index < -0.39 is 16.1 Å². The van der Waals surface area contributed by atoms with Gasteiger partial charge in [-0.25, -0.2) is 23.3 Å². The normalized spacial score (nSPS) is 11.5. The summed E-state index contributed by atoms with van der Waals surface area (Å²) in [5.41, 5.74) is 2.02. The summed E-state index contributed by atoms with van der Waals surface area (Å²) < 4.78 is 23.4. The number of nitrogens with one attached hydrogen (secondary N) is 2. The molecule has 0 fully saturated rings. The minimum Gasteiger partial charge on any atom is -0.308 e. The molecule has 0 unspecified atom stereocenters. The first-order valence-corrected chi connectivity index (χ1v) is 9.74. The molecule has 130 valence electrons. The fourth-order valence-corrected chi connectivity index (χ4v) is 3.76. The summed E-state index contributed by atoms with van der Waals surface area (Å²) in [6.07, 6.45) is 0. The second-order valence-electron chi connectivity index (χ2n) is 5.24. The molecule has 3 rings (SSSR count). The molecule has 2 aromatic carbocycles. The van der Waals surface area contributed by atoms with E-state index in [-0.39, 0.29) is 4.90 Å². The number of hydrogen-bond donors (Lipinski definition) is 3. The maximum atomic E-state index is 12.1. The Bertz CT molecular complexity index is 1080. The lowest BCUT2D eigenvalue weighted by Gasteiger charge is -2.06. The predicted octanol–water partition coefficient (Wildman–Crippen LogP) is 3.55. The summed E-state index contributed by atoms with van der Waals surface area (Å²) in [6, 6.07) is 9.02. The summed E-state index contributed by atoms with van der Waals surface area (Å²) in [5.74, 6) is 0. The van der Waals surface area contributed by atoms with Gasteiger partial charge < -0.3 is 5.32 Å². The first-order valence-electron chi connectivity index (χ1n) is 7.00. The SMILES string of the molecule is Cc1ccc(NC(=O)Nc2nc3ccc(S(N)(=O)=O)cc3s2)cc1Cl. The molecule has 3 aromatic rings. The van der Waals surface area contributed by atoms with Crippen molar-refractivity contribution in [2.24, 2.45) is 5.14 Å². The van der Waals surface area contributed by atoms with Crippen LogP contribution in [0.4, 0.5) is 15.6 Å². The smallest absolute Gasteiger partial charge is 0.308 e. The number of nitrogens with two attached hydrogens (primary N) is 1. The van der Waals surface area contributed by atoms with Gasteiger partial charge in [-0.2, -0.15) is 0 Å². The van der Waals surface area contributed by atoms with Crippen LogP contribution in [0.5, 0.6) is 0 Å². The van der Waals surface area contributed by atoms with E-state index in [1.807, 2.05) is 6.92 Å². The molecule has 1 heterocycles. The molecule has 0 saturated heterocycles. The minimum atomic E-state index is -3.79. The van der Waals surface area contributed by atoms with Gasteiger partial charge in [-0.05, 0) is 42.8 Å². The Hall–Kier alpha value is -2.20. The number of aryl methyl sites for hydroxylation is 1. The van der Waals surface area contributed by atoms with E-state index in [9.17, 15) is 13.2 Å². The van der Waals surface area contributed by atoms with E-state index in [4.69, 9.17) is 16.7 Å². The molecule has 2 amide bonds. The van der Waals surface area contributed by atoms with Crippen LogP contribution in [-0.4, -0.2) is 19.4 Å². The number of benzene rings is 2. The number of fused-ring (bicyclic) bond motifs is 1. The molecule has 0 aliphatic carbocycles. The summed E-state index contributed by atoms with van der Waals surface area (Å²) in [5, 5.41) is 11.3. The number of carbonyl (C=O) groups is 1. The van der Waals surface area contributed by atoms with Crippen molar-refractivity contribution in [1.82, 2.24) is 4.98 Å². The molecule has 1 aromatic heterocycles. The third-order valence-electron chi connectivity index (χ3n) is 3.34. The molecule has 0 atom stereocenters. The van der Waals surface area contributed by atoms with Crippen LogP contribution < -0.4 is 15.8 Å². The van der Waals surface area contributed by atoms with Gasteiger partial charge >= 0.3 is 6.03 Å². The van der Waals surface area contributed by atoms with Crippen LogP contribution in [0.2, 0.25) is 5.02 Å². The quantitative estimate of drug-likeness (QED) is 0.627. The highest BCUT2D eigenvalue weighted by Gasteiger charge is 2.12. The van der Waals surface area contributed by atoms with Gasteiger partial charge in [0.05, 0.1) is 15.1 Å². The molecule has 0 radical (unpaired) electrons. The van der Waals surface area contributed by atoms with Crippen LogP contribution in [0.25, 0.3) is 10.2 Å². The standard InChI is InChI=1S/C15H13ClN4O3S2/c1-8-2-3-9(6-11(8)16)18-14(21)20-15-19-12-5-4-10(25(17,22)23)7-13(12)24-15/h2-7H,1H3,(H2,17,22,23)(H2,18,19,20,21). The maximum Gasteiger partial charge on any atom is 0.325 e. The average Bonchev–Trinajstić information content (AvgIpc) is 2.91. The number of primary sulfonamides is 1. The molecule has 4 N–H and O–H groups in total. The summed E-state index contributed by atoms with van der Waals surface area (Å²) in [7, 11) is -3.79. The van der Waals surface area contributed by atoms with E-state index in [1.54, 1.807) is 18.2 Å². The van der Waals surface area contributed by atoms with Crippen molar-refractivity contribution in [1.29, 1.82) is 0 Å². The summed E-state index contributed by atoms with van der Waals surface area (Å²) >= 11 is 7.16. The second-order valence-corrected chi connectivity index (χ2v) is 8.24. The van der Waals surface area contributed by atoms with Crippen molar-refractivity contribution in [3.8, 4) is 0 Å². The van der Waals surface area contributed by atoms with Crippen molar-refractivity contribution < 1.29 is 13.2 Å². The molecular formula is C15H13ClN4O3S2. The Balaban J connectivity index is 1.78. The molecule has 0 aliphatic rings. The Morgan fingerprint density at radius 1 is 1.20 bits per heavy atom. The minimum absolute atomic E-state index is 0.00560. The highest BCUT2D eigenvalue weighted by molar-refractivity contribution is 7.89. The maximum absolute atomic E-state index is 12.1. The van der Waals surface area contributed by atoms with Gasteiger partial charge in [0.25, 0.3) is 0 Å². The number of urea groups is 1. The number of thiazole rings is 1. The van der Waals surface area contributed by atoms with Gasteiger partial charge in [0, 0.05) is 10.7 Å². The third kappa shape index (κ3) is 4.07. The van der Waals surface area contributed by atoms with Gasteiger partial charge in [0.15, 0.2) is 5.13 Å². The Kier molecular flexibility index (Phi) is 4.65. The Morgan fingerprint density at radius 3 is 2.64 bits per heavy atom. The topological polar surface area (TPSA) is 114 Å². The number of anilines is 2. The monoisotopic (exact) mass is 396 g/mol. The van der Waals surface area contributed by atoms with Gasteiger partial charge in [-0.15, -0.1) is 0 Å². The average molecular weight is 397 g/mol.